The molecule has 0 unspecified atom stereocenters. The predicted molar refractivity (Wildman–Crippen MR) is 178 cm³/mol. The Morgan fingerprint density at radius 1 is 1.04 bits per heavy atom. The number of amides is 1. The lowest BCUT2D eigenvalue weighted by Gasteiger charge is -2.31. The predicted octanol–water partition coefficient (Wildman–Crippen LogP) is 6.01. The van der Waals surface area contributed by atoms with Gasteiger partial charge in [-0.15, -0.1) is 0 Å². The number of aliphatic hydroxyl groups is 1. The smallest absolute Gasteiger partial charge is 0.252 e. The summed E-state index contributed by atoms with van der Waals surface area (Å²) in [5.74, 6) is -0.839. The Hall–Kier alpha value is -5.23. The third-order valence-electron chi connectivity index (χ3n) is 7.84. The minimum atomic E-state index is -3.88. The third kappa shape index (κ3) is 8.00. The second-order valence-corrected chi connectivity index (χ2v) is 13.2. The Morgan fingerprint density at radius 3 is 2.52 bits per heavy atom. The minimum absolute atomic E-state index is 0.00614. The molecule has 248 valence electrons. The molecule has 48 heavy (non-hydrogen) atoms. The normalized spacial score (nSPS) is 17.1. The number of carbonyl (C=O) groups excluding carboxylic acids is 1. The number of azide groups is 1. The molecule has 0 saturated heterocycles. The van der Waals surface area contributed by atoms with Crippen molar-refractivity contribution in [3.05, 3.63) is 136 Å². The fourth-order valence-electron chi connectivity index (χ4n) is 5.40. The lowest BCUT2D eigenvalue weighted by Crippen LogP contribution is -2.49. The average molecular weight is 672 g/mol. The molecule has 11 nitrogen and oxygen atoms in total. The van der Waals surface area contributed by atoms with E-state index in [9.17, 15) is 23.1 Å². The van der Waals surface area contributed by atoms with E-state index in [0.717, 1.165) is 0 Å². The van der Waals surface area contributed by atoms with Crippen molar-refractivity contribution in [2.45, 2.75) is 35.8 Å². The SMILES string of the molecule is [N-]=[N+]=Nc1ccccc1[C@H]1OC(c2ccc(OCCCO)cc2)=N[C@@]1(CCS(=O)(=O)c1ccccc1)C(=O)NCCc1cccc(F)c1. The summed E-state index contributed by atoms with van der Waals surface area (Å²) >= 11 is 0. The van der Waals surface area contributed by atoms with Crippen molar-refractivity contribution in [2.75, 3.05) is 25.5 Å². The zero-order valence-electron chi connectivity index (χ0n) is 25.9. The van der Waals surface area contributed by atoms with Gasteiger partial charge in [0, 0.05) is 47.7 Å². The molecule has 1 aliphatic heterocycles. The summed E-state index contributed by atoms with van der Waals surface area (Å²) in [7, 11) is -3.88. The van der Waals surface area contributed by atoms with Crippen molar-refractivity contribution < 1.29 is 32.2 Å². The summed E-state index contributed by atoms with van der Waals surface area (Å²) in [6, 6.07) is 27.3. The monoisotopic (exact) mass is 671 g/mol. The summed E-state index contributed by atoms with van der Waals surface area (Å²) < 4.78 is 53.0. The summed E-state index contributed by atoms with van der Waals surface area (Å²) in [6.07, 6.45) is -0.698. The molecule has 1 aliphatic rings. The Labute approximate surface area is 277 Å². The molecular formula is C35H34FN5O6S. The number of sulfone groups is 1. The van der Waals surface area contributed by atoms with Crippen LogP contribution in [0.5, 0.6) is 5.75 Å². The number of benzene rings is 4. The van der Waals surface area contributed by atoms with Gasteiger partial charge >= 0.3 is 0 Å². The van der Waals surface area contributed by atoms with Crippen molar-refractivity contribution in [1.82, 2.24) is 5.32 Å². The number of hydrogen-bond acceptors (Lipinski definition) is 8. The molecule has 0 fully saturated rings. The highest BCUT2D eigenvalue weighted by Crippen LogP contribution is 2.46. The van der Waals surface area contributed by atoms with Crippen LogP contribution in [0.4, 0.5) is 10.1 Å². The molecular weight excluding hydrogens is 637 g/mol. The van der Waals surface area contributed by atoms with Gasteiger partial charge in [-0.25, -0.2) is 17.8 Å². The van der Waals surface area contributed by atoms with Gasteiger partial charge in [-0.05, 0) is 66.0 Å². The molecule has 1 heterocycles. The first-order chi connectivity index (χ1) is 23.3. The first-order valence-corrected chi connectivity index (χ1v) is 17.0. The lowest BCUT2D eigenvalue weighted by atomic mass is 9.84. The van der Waals surface area contributed by atoms with Crippen LogP contribution in [-0.4, -0.2) is 56.4 Å². The lowest BCUT2D eigenvalue weighted by molar-refractivity contribution is -0.129. The molecule has 0 bridgehead atoms. The molecule has 2 N–H and O–H groups in total. The zero-order valence-corrected chi connectivity index (χ0v) is 26.7. The number of ether oxygens (including phenoxy) is 2. The van der Waals surface area contributed by atoms with Crippen molar-refractivity contribution >= 4 is 27.3 Å². The number of nitrogens with zero attached hydrogens (tertiary/aromatic N) is 4. The van der Waals surface area contributed by atoms with Crippen LogP contribution >= 0.6 is 0 Å². The Balaban J connectivity index is 1.56. The molecule has 4 aromatic rings. The summed E-state index contributed by atoms with van der Waals surface area (Å²) in [4.78, 5) is 22.3. The zero-order chi connectivity index (χ0) is 34.0. The molecule has 1 amide bonds. The van der Waals surface area contributed by atoms with Gasteiger partial charge < -0.3 is 19.9 Å². The largest absolute Gasteiger partial charge is 0.494 e. The van der Waals surface area contributed by atoms with Crippen molar-refractivity contribution in [1.29, 1.82) is 0 Å². The molecule has 0 spiro atoms. The van der Waals surface area contributed by atoms with Gasteiger partial charge in [-0.1, -0.05) is 59.7 Å². The molecule has 13 heteroatoms. The van der Waals surface area contributed by atoms with Crippen LogP contribution < -0.4 is 10.1 Å². The van der Waals surface area contributed by atoms with E-state index < -0.39 is 39.0 Å². The number of carbonyl (C=O) groups is 1. The standard InChI is InChI=1S/C35H34FN5O6S/c36-27-9-6-8-25(24-27)18-20-38-34(43)35(19-23-48(44,45)29-10-2-1-3-11-29)32(30-12-4-5-13-31(30)40-41-37)47-33(39-35)26-14-16-28(17-15-26)46-22-7-21-42/h1-6,8-17,24,32,42H,7,18-23H2,(H,38,43)/t32-,35-/m1/s1. The summed E-state index contributed by atoms with van der Waals surface area (Å²) in [5.41, 5.74) is 9.19. The fraction of sp³-hybridized carbons (Fsp3) is 0.257. The summed E-state index contributed by atoms with van der Waals surface area (Å²) in [5, 5.41) is 15.8. The fourth-order valence-corrected chi connectivity index (χ4v) is 6.78. The summed E-state index contributed by atoms with van der Waals surface area (Å²) in [6.45, 7) is 0.416. The van der Waals surface area contributed by atoms with Gasteiger partial charge in [0.2, 0.25) is 5.90 Å². The number of aliphatic imine (C=N–C) groups is 1. The van der Waals surface area contributed by atoms with E-state index in [1.54, 1.807) is 78.9 Å². The van der Waals surface area contributed by atoms with Crippen LogP contribution in [0.2, 0.25) is 0 Å². The highest BCUT2D eigenvalue weighted by molar-refractivity contribution is 7.91. The average Bonchev–Trinajstić information content (AvgIpc) is 3.49. The molecule has 2 atom stereocenters. The van der Waals surface area contributed by atoms with Crippen LogP contribution in [0.15, 0.2) is 118 Å². The molecule has 0 aliphatic carbocycles. The maximum absolute atomic E-state index is 14.4. The van der Waals surface area contributed by atoms with Crippen LogP contribution in [0.1, 0.15) is 35.6 Å². The van der Waals surface area contributed by atoms with Crippen LogP contribution in [0, 0.1) is 5.82 Å². The van der Waals surface area contributed by atoms with Crippen molar-refractivity contribution in [3.63, 3.8) is 0 Å². The molecule has 0 saturated carbocycles. The quantitative estimate of drug-likeness (QED) is 0.0681. The van der Waals surface area contributed by atoms with Gasteiger partial charge in [0.1, 0.15) is 11.6 Å². The number of hydrogen-bond donors (Lipinski definition) is 2. The first kappa shape index (κ1) is 34.1. The number of rotatable bonds is 15. The van der Waals surface area contributed by atoms with Gasteiger partial charge in [0.05, 0.1) is 17.3 Å². The van der Waals surface area contributed by atoms with Gasteiger partial charge in [-0.2, -0.15) is 0 Å². The maximum atomic E-state index is 14.4. The van der Waals surface area contributed by atoms with E-state index in [-0.39, 0.29) is 36.1 Å². The molecule has 4 aromatic carbocycles. The molecule has 5 rings (SSSR count). The Bertz CT molecular complexity index is 1920. The van der Waals surface area contributed by atoms with E-state index in [1.165, 1.54) is 24.3 Å². The number of aliphatic hydroxyl groups excluding tert-OH is 1. The first-order valence-electron chi connectivity index (χ1n) is 15.3. The van der Waals surface area contributed by atoms with Gasteiger partial charge in [0.25, 0.3) is 5.91 Å². The van der Waals surface area contributed by atoms with Gasteiger partial charge in [-0.3, -0.25) is 4.79 Å². The number of nitrogens with one attached hydrogen (secondary N) is 1. The van der Waals surface area contributed by atoms with Gasteiger partial charge in [0.15, 0.2) is 21.5 Å². The van der Waals surface area contributed by atoms with E-state index in [1.807, 2.05) is 0 Å². The highest BCUT2D eigenvalue weighted by Gasteiger charge is 2.54. The molecule has 0 aromatic heterocycles. The third-order valence-corrected chi connectivity index (χ3v) is 9.58. The van der Waals surface area contributed by atoms with E-state index >= 15 is 0 Å². The van der Waals surface area contributed by atoms with Crippen LogP contribution in [0.3, 0.4) is 0 Å². The highest BCUT2D eigenvalue weighted by atomic mass is 32.2. The van der Waals surface area contributed by atoms with E-state index in [0.29, 0.717) is 41.9 Å². The number of halogens is 1. The van der Waals surface area contributed by atoms with Crippen LogP contribution in [0.25, 0.3) is 10.4 Å². The van der Waals surface area contributed by atoms with Crippen LogP contribution in [-0.2, 0) is 25.8 Å². The van der Waals surface area contributed by atoms with Crippen molar-refractivity contribution in [2.24, 2.45) is 10.1 Å². The van der Waals surface area contributed by atoms with E-state index in [4.69, 9.17) is 19.6 Å². The van der Waals surface area contributed by atoms with E-state index in [2.05, 4.69) is 15.3 Å². The van der Waals surface area contributed by atoms with Crippen molar-refractivity contribution in [3.8, 4) is 5.75 Å². The second-order valence-electron chi connectivity index (χ2n) is 11.1. The maximum Gasteiger partial charge on any atom is 0.252 e. The Morgan fingerprint density at radius 2 is 1.79 bits per heavy atom. The minimum Gasteiger partial charge on any atom is -0.494 e. The Kier molecular flexibility index (Phi) is 11.1. The topological polar surface area (TPSA) is 163 Å². The second kappa shape index (κ2) is 15.6. The molecule has 0 radical (unpaired) electrons.